The second-order valence-electron chi connectivity index (χ2n) is 5.67. The number of benzene rings is 1. The van der Waals surface area contributed by atoms with Crippen LogP contribution < -0.4 is 15.8 Å². The van der Waals surface area contributed by atoms with Gasteiger partial charge in [0.15, 0.2) is 6.61 Å². The average Bonchev–Trinajstić information content (AvgIpc) is 2.61. The van der Waals surface area contributed by atoms with Gasteiger partial charge in [-0.15, -0.1) is 0 Å². The standard InChI is InChI=1S/C17H24N2O5/c1-2-23-15(20)11-24-14-5-3-4-13(10-14)19-16(21)17(12-18)6-8-22-9-7-17/h3-5,10H,2,6-9,11-12,18H2,1H3,(H,19,21). The summed E-state index contributed by atoms with van der Waals surface area (Å²) < 4.78 is 15.5. The maximum atomic E-state index is 12.6. The molecule has 0 saturated carbocycles. The van der Waals surface area contributed by atoms with Crippen LogP contribution in [0.1, 0.15) is 19.8 Å². The minimum absolute atomic E-state index is 0.115. The van der Waals surface area contributed by atoms with Crippen LogP contribution in [0.25, 0.3) is 0 Å². The third-order valence-corrected chi connectivity index (χ3v) is 4.08. The Hall–Kier alpha value is -2.12. The fourth-order valence-corrected chi connectivity index (χ4v) is 2.56. The van der Waals surface area contributed by atoms with Crippen molar-refractivity contribution in [2.24, 2.45) is 11.1 Å². The topological polar surface area (TPSA) is 99.9 Å². The first-order valence-corrected chi connectivity index (χ1v) is 8.07. The molecule has 1 fully saturated rings. The van der Waals surface area contributed by atoms with Crippen LogP contribution in [-0.4, -0.2) is 44.8 Å². The zero-order valence-corrected chi connectivity index (χ0v) is 13.9. The van der Waals surface area contributed by atoms with Gasteiger partial charge < -0.3 is 25.3 Å². The summed E-state index contributed by atoms with van der Waals surface area (Å²) in [6.07, 6.45) is 1.21. The Labute approximate surface area is 141 Å². The van der Waals surface area contributed by atoms with E-state index in [1.807, 2.05) is 0 Å². The molecule has 0 unspecified atom stereocenters. The van der Waals surface area contributed by atoms with E-state index in [1.165, 1.54) is 0 Å². The molecule has 0 atom stereocenters. The molecule has 3 N–H and O–H groups in total. The summed E-state index contributed by atoms with van der Waals surface area (Å²) in [6, 6.07) is 6.89. The van der Waals surface area contributed by atoms with Gasteiger partial charge in [0, 0.05) is 31.5 Å². The highest BCUT2D eigenvalue weighted by molar-refractivity contribution is 5.95. The maximum absolute atomic E-state index is 12.6. The van der Waals surface area contributed by atoms with Crippen LogP contribution >= 0.6 is 0 Å². The molecule has 24 heavy (non-hydrogen) atoms. The third-order valence-electron chi connectivity index (χ3n) is 4.08. The summed E-state index contributed by atoms with van der Waals surface area (Å²) in [4.78, 5) is 23.9. The fourth-order valence-electron chi connectivity index (χ4n) is 2.56. The second kappa shape index (κ2) is 8.65. The smallest absolute Gasteiger partial charge is 0.344 e. The van der Waals surface area contributed by atoms with Gasteiger partial charge in [-0.05, 0) is 31.9 Å². The van der Waals surface area contributed by atoms with Crippen LogP contribution in [0.5, 0.6) is 5.75 Å². The second-order valence-corrected chi connectivity index (χ2v) is 5.67. The lowest BCUT2D eigenvalue weighted by atomic mass is 9.79. The molecule has 0 aliphatic carbocycles. The van der Waals surface area contributed by atoms with E-state index in [9.17, 15) is 9.59 Å². The highest BCUT2D eigenvalue weighted by Crippen LogP contribution is 2.31. The average molecular weight is 336 g/mol. The zero-order valence-electron chi connectivity index (χ0n) is 13.9. The number of hydrogen-bond acceptors (Lipinski definition) is 6. The fraction of sp³-hybridized carbons (Fsp3) is 0.529. The minimum Gasteiger partial charge on any atom is -0.482 e. The molecule has 0 radical (unpaired) electrons. The van der Waals surface area contributed by atoms with Crippen molar-refractivity contribution in [3.8, 4) is 5.75 Å². The Balaban J connectivity index is 1.98. The van der Waals surface area contributed by atoms with Crippen LogP contribution in [0, 0.1) is 5.41 Å². The van der Waals surface area contributed by atoms with E-state index in [0.29, 0.717) is 44.1 Å². The van der Waals surface area contributed by atoms with Crippen molar-refractivity contribution in [3.63, 3.8) is 0 Å². The Morgan fingerprint density at radius 3 is 2.75 bits per heavy atom. The van der Waals surface area contributed by atoms with Gasteiger partial charge in [-0.2, -0.15) is 0 Å². The molecule has 0 aromatic heterocycles. The van der Waals surface area contributed by atoms with Gasteiger partial charge in [0.05, 0.1) is 12.0 Å². The Bertz CT molecular complexity index is 570. The number of rotatable bonds is 7. The Morgan fingerprint density at radius 2 is 2.08 bits per heavy atom. The van der Waals surface area contributed by atoms with Gasteiger partial charge in [-0.25, -0.2) is 4.79 Å². The number of ether oxygens (including phenoxy) is 3. The van der Waals surface area contributed by atoms with Gasteiger partial charge in [0.25, 0.3) is 0 Å². The first kappa shape index (κ1) is 18.2. The van der Waals surface area contributed by atoms with Gasteiger partial charge in [0.1, 0.15) is 5.75 Å². The molecule has 1 aliphatic rings. The van der Waals surface area contributed by atoms with Crippen LogP contribution in [0.3, 0.4) is 0 Å². The summed E-state index contributed by atoms with van der Waals surface area (Å²) in [5.41, 5.74) is 5.84. The number of carbonyl (C=O) groups is 2. The molecule has 1 aliphatic heterocycles. The molecular weight excluding hydrogens is 312 g/mol. The molecule has 7 heteroatoms. The van der Waals surface area contributed by atoms with Crippen molar-refractivity contribution < 1.29 is 23.8 Å². The lowest BCUT2D eigenvalue weighted by molar-refractivity contribution is -0.145. The SMILES string of the molecule is CCOC(=O)COc1cccc(NC(=O)C2(CN)CCOCC2)c1. The number of nitrogens with two attached hydrogens (primary N) is 1. The lowest BCUT2D eigenvalue weighted by Gasteiger charge is -2.34. The van der Waals surface area contributed by atoms with Gasteiger partial charge in [0.2, 0.25) is 5.91 Å². The molecule has 1 aromatic rings. The van der Waals surface area contributed by atoms with Crippen molar-refractivity contribution in [1.29, 1.82) is 0 Å². The van der Waals surface area contributed by atoms with E-state index in [-0.39, 0.29) is 19.1 Å². The monoisotopic (exact) mass is 336 g/mol. The van der Waals surface area contributed by atoms with Crippen molar-refractivity contribution in [2.45, 2.75) is 19.8 Å². The predicted octanol–water partition coefficient (Wildman–Crippen LogP) is 1.32. The molecule has 0 bridgehead atoms. The summed E-state index contributed by atoms with van der Waals surface area (Å²) in [7, 11) is 0. The first-order chi connectivity index (χ1) is 11.6. The molecule has 0 spiro atoms. The zero-order chi connectivity index (χ0) is 17.4. The molecule has 1 saturated heterocycles. The largest absolute Gasteiger partial charge is 0.482 e. The van der Waals surface area contributed by atoms with E-state index in [1.54, 1.807) is 31.2 Å². The maximum Gasteiger partial charge on any atom is 0.344 e. The highest BCUT2D eigenvalue weighted by atomic mass is 16.6. The quantitative estimate of drug-likeness (QED) is 0.729. The van der Waals surface area contributed by atoms with Gasteiger partial charge >= 0.3 is 5.97 Å². The van der Waals surface area contributed by atoms with E-state index in [0.717, 1.165) is 0 Å². The van der Waals surface area contributed by atoms with Gasteiger partial charge in [-0.3, -0.25) is 4.79 Å². The highest BCUT2D eigenvalue weighted by Gasteiger charge is 2.38. The van der Waals surface area contributed by atoms with Crippen molar-refractivity contribution in [1.82, 2.24) is 0 Å². The predicted molar refractivity (Wildman–Crippen MR) is 88.7 cm³/mol. The first-order valence-electron chi connectivity index (χ1n) is 8.07. The minimum atomic E-state index is -0.597. The molecular formula is C17H24N2O5. The number of esters is 1. The van der Waals surface area contributed by atoms with E-state index in [4.69, 9.17) is 19.9 Å². The van der Waals surface area contributed by atoms with Gasteiger partial charge in [-0.1, -0.05) is 6.07 Å². The number of hydrogen-bond donors (Lipinski definition) is 2. The number of anilines is 1. The molecule has 1 amide bonds. The van der Waals surface area contributed by atoms with Crippen molar-refractivity contribution in [3.05, 3.63) is 24.3 Å². The summed E-state index contributed by atoms with van der Waals surface area (Å²) >= 11 is 0. The van der Waals surface area contributed by atoms with Crippen molar-refractivity contribution >= 4 is 17.6 Å². The van der Waals surface area contributed by atoms with E-state index in [2.05, 4.69) is 5.32 Å². The van der Waals surface area contributed by atoms with Crippen LogP contribution in [0.2, 0.25) is 0 Å². The molecule has 1 heterocycles. The van der Waals surface area contributed by atoms with Crippen molar-refractivity contribution in [2.75, 3.05) is 38.3 Å². The molecule has 2 rings (SSSR count). The van der Waals surface area contributed by atoms with E-state index >= 15 is 0 Å². The number of nitrogens with one attached hydrogen (secondary N) is 1. The molecule has 1 aromatic carbocycles. The number of carbonyl (C=O) groups excluding carboxylic acids is 2. The summed E-state index contributed by atoms with van der Waals surface area (Å²) in [5, 5.41) is 2.89. The third kappa shape index (κ3) is 4.69. The summed E-state index contributed by atoms with van der Waals surface area (Å²) in [6.45, 7) is 3.22. The molecule has 132 valence electrons. The Morgan fingerprint density at radius 1 is 1.33 bits per heavy atom. The number of amides is 1. The summed E-state index contributed by atoms with van der Waals surface area (Å²) in [5.74, 6) is -0.0679. The van der Waals surface area contributed by atoms with Crippen LogP contribution in [0.4, 0.5) is 5.69 Å². The van der Waals surface area contributed by atoms with E-state index < -0.39 is 11.4 Å². The van der Waals surface area contributed by atoms with Crippen LogP contribution in [-0.2, 0) is 19.1 Å². The van der Waals surface area contributed by atoms with Crippen LogP contribution in [0.15, 0.2) is 24.3 Å². The molecule has 7 nitrogen and oxygen atoms in total. The lowest BCUT2D eigenvalue weighted by Crippen LogP contribution is -2.46. The Kier molecular flexibility index (Phi) is 6.57. The normalized spacial score (nSPS) is 16.2.